The summed E-state index contributed by atoms with van der Waals surface area (Å²) in [5, 5.41) is 4.40. The first-order chi connectivity index (χ1) is 9.79. The van der Waals surface area contributed by atoms with E-state index in [0.717, 1.165) is 42.8 Å². The smallest absolute Gasteiger partial charge is 0.356 e. The van der Waals surface area contributed by atoms with Crippen LogP contribution >= 0.6 is 24.8 Å². The van der Waals surface area contributed by atoms with Gasteiger partial charge < -0.3 is 15.0 Å². The molecular weight excluding hydrogens is 325 g/mol. The van der Waals surface area contributed by atoms with Gasteiger partial charge in [-0.15, -0.1) is 24.8 Å². The lowest BCUT2D eigenvalue weighted by Crippen LogP contribution is -2.43. The predicted octanol–water partition coefficient (Wildman–Crippen LogP) is 2.27. The lowest BCUT2D eigenvalue weighted by atomic mass is 10.1. The number of aromatic nitrogens is 1. The van der Waals surface area contributed by atoms with Crippen molar-refractivity contribution in [3.63, 3.8) is 0 Å². The molecule has 0 unspecified atom stereocenters. The van der Waals surface area contributed by atoms with Crippen LogP contribution in [-0.4, -0.2) is 44.2 Å². The highest BCUT2D eigenvalue weighted by atomic mass is 35.5. The van der Waals surface area contributed by atoms with E-state index in [1.807, 2.05) is 30.3 Å². The van der Waals surface area contributed by atoms with Crippen LogP contribution in [0, 0.1) is 0 Å². The summed E-state index contributed by atoms with van der Waals surface area (Å²) in [5.74, 6) is -0.396. The molecule has 0 saturated carbocycles. The van der Waals surface area contributed by atoms with Gasteiger partial charge in [0.25, 0.3) is 0 Å². The van der Waals surface area contributed by atoms with Crippen LogP contribution < -0.4 is 10.2 Å². The van der Waals surface area contributed by atoms with Crippen molar-refractivity contribution >= 4 is 47.4 Å². The first kappa shape index (κ1) is 18.5. The quantitative estimate of drug-likeness (QED) is 0.847. The van der Waals surface area contributed by atoms with E-state index in [0.29, 0.717) is 5.69 Å². The molecule has 120 valence electrons. The van der Waals surface area contributed by atoms with Gasteiger partial charge in [0, 0.05) is 37.3 Å². The summed E-state index contributed by atoms with van der Waals surface area (Å²) < 4.78 is 4.80. The standard InChI is InChI=1S/C15H17N3O2.2ClH/c1-20-15(19)13-10-14(18-8-6-16-7-9-18)11-4-2-3-5-12(11)17-13;;/h2-5,10,16H,6-9H2,1H3;2*1H. The van der Waals surface area contributed by atoms with Crippen molar-refractivity contribution in [3.05, 3.63) is 36.0 Å². The van der Waals surface area contributed by atoms with E-state index < -0.39 is 5.97 Å². The van der Waals surface area contributed by atoms with Gasteiger partial charge in [-0.05, 0) is 12.1 Å². The molecule has 0 amide bonds. The fourth-order valence-corrected chi connectivity index (χ4v) is 2.53. The predicted molar refractivity (Wildman–Crippen MR) is 92.7 cm³/mol. The normalized spacial score (nSPS) is 14.0. The van der Waals surface area contributed by atoms with Crippen molar-refractivity contribution in [2.24, 2.45) is 0 Å². The van der Waals surface area contributed by atoms with Crippen LogP contribution in [0.25, 0.3) is 10.9 Å². The Kier molecular flexibility index (Phi) is 6.87. The Bertz CT molecular complexity index is 646. The molecule has 22 heavy (non-hydrogen) atoms. The number of nitrogens with zero attached hydrogens (tertiary/aromatic N) is 2. The van der Waals surface area contributed by atoms with Crippen molar-refractivity contribution in [1.29, 1.82) is 0 Å². The Labute approximate surface area is 141 Å². The zero-order valence-electron chi connectivity index (χ0n) is 12.2. The van der Waals surface area contributed by atoms with Gasteiger partial charge in [0.05, 0.1) is 12.6 Å². The van der Waals surface area contributed by atoms with Gasteiger partial charge in [-0.3, -0.25) is 0 Å². The van der Waals surface area contributed by atoms with Crippen molar-refractivity contribution in [1.82, 2.24) is 10.3 Å². The highest BCUT2D eigenvalue weighted by Gasteiger charge is 2.17. The van der Waals surface area contributed by atoms with E-state index in [4.69, 9.17) is 4.74 Å². The van der Waals surface area contributed by atoms with Gasteiger partial charge in [-0.25, -0.2) is 9.78 Å². The number of benzene rings is 1. The number of hydrogen-bond acceptors (Lipinski definition) is 5. The number of pyridine rings is 1. The minimum absolute atomic E-state index is 0. The SMILES string of the molecule is COC(=O)c1cc(N2CCNCC2)c2ccccc2n1.Cl.Cl. The van der Waals surface area contributed by atoms with Crippen LogP contribution in [0.3, 0.4) is 0 Å². The Balaban J connectivity index is 0.00000121. The summed E-state index contributed by atoms with van der Waals surface area (Å²) in [7, 11) is 1.38. The van der Waals surface area contributed by atoms with Crippen molar-refractivity contribution in [2.45, 2.75) is 0 Å². The van der Waals surface area contributed by atoms with Gasteiger partial charge in [0.15, 0.2) is 5.69 Å². The molecule has 7 heteroatoms. The molecule has 1 aromatic carbocycles. The number of carbonyl (C=O) groups excluding carboxylic acids is 1. The van der Waals surface area contributed by atoms with Gasteiger partial charge in [0.1, 0.15) is 0 Å². The lowest BCUT2D eigenvalue weighted by Gasteiger charge is -2.30. The summed E-state index contributed by atoms with van der Waals surface area (Å²) in [6.07, 6.45) is 0. The Morgan fingerprint density at radius 3 is 2.59 bits per heavy atom. The molecule has 3 rings (SSSR count). The molecule has 1 aliphatic rings. The van der Waals surface area contributed by atoms with E-state index in [-0.39, 0.29) is 24.8 Å². The van der Waals surface area contributed by atoms with Crippen LogP contribution in [0.15, 0.2) is 30.3 Å². The van der Waals surface area contributed by atoms with Crippen molar-refractivity contribution < 1.29 is 9.53 Å². The third-order valence-electron chi connectivity index (χ3n) is 3.55. The van der Waals surface area contributed by atoms with Crippen LogP contribution in [0.2, 0.25) is 0 Å². The number of carbonyl (C=O) groups is 1. The fraction of sp³-hybridized carbons (Fsp3) is 0.333. The van der Waals surface area contributed by atoms with Crippen LogP contribution in [0.5, 0.6) is 0 Å². The van der Waals surface area contributed by atoms with E-state index in [1.54, 1.807) is 0 Å². The van der Waals surface area contributed by atoms with Crippen LogP contribution in [0.4, 0.5) is 5.69 Å². The Hall–Kier alpha value is -1.56. The highest BCUT2D eigenvalue weighted by Crippen LogP contribution is 2.27. The maximum atomic E-state index is 11.8. The molecule has 0 radical (unpaired) electrons. The van der Waals surface area contributed by atoms with E-state index in [9.17, 15) is 4.79 Å². The topological polar surface area (TPSA) is 54.5 Å². The molecule has 2 heterocycles. The van der Waals surface area contributed by atoms with Crippen LogP contribution in [-0.2, 0) is 4.74 Å². The van der Waals surface area contributed by atoms with Gasteiger partial charge in [0.2, 0.25) is 0 Å². The molecule has 1 aliphatic heterocycles. The number of fused-ring (bicyclic) bond motifs is 1. The van der Waals surface area contributed by atoms with Gasteiger partial charge >= 0.3 is 5.97 Å². The van der Waals surface area contributed by atoms with E-state index >= 15 is 0 Å². The number of nitrogens with one attached hydrogen (secondary N) is 1. The maximum Gasteiger partial charge on any atom is 0.356 e. The van der Waals surface area contributed by atoms with Crippen molar-refractivity contribution in [3.8, 4) is 0 Å². The second-order valence-corrected chi connectivity index (χ2v) is 4.77. The summed E-state index contributed by atoms with van der Waals surface area (Å²) in [6.45, 7) is 3.75. The molecule has 5 nitrogen and oxygen atoms in total. The monoisotopic (exact) mass is 343 g/mol. The molecule has 2 aromatic rings. The number of rotatable bonds is 2. The maximum absolute atomic E-state index is 11.8. The third-order valence-corrected chi connectivity index (χ3v) is 3.55. The molecule has 1 fully saturated rings. The zero-order chi connectivity index (χ0) is 13.9. The first-order valence-corrected chi connectivity index (χ1v) is 6.73. The molecule has 0 spiro atoms. The van der Waals surface area contributed by atoms with E-state index in [2.05, 4.69) is 15.2 Å². The Morgan fingerprint density at radius 2 is 1.91 bits per heavy atom. The number of piperazine rings is 1. The average molecular weight is 344 g/mol. The molecule has 0 aliphatic carbocycles. The molecule has 1 saturated heterocycles. The minimum Gasteiger partial charge on any atom is -0.464 e. The number of esters is 1. The fourth-order valence-electron chi connectivity index (χ4n) is 2.53. The van der Waals surface area contributed by atoms with Crippen molar-refractivity contribution in [2.75, 3.05) is 38.2 Å². The van der Waals surface area contributed by atoms with Gasteiger partial charge in [-0.1, -0.05) is 18.2 Å². The zero-order valence-corrected chi connectivity index (χ0v) is 13.9. The number of ether oxygens (including phenoxy) is 1. The second kappa shape index (κ2) is 8.17. The summed E-state index contributed by atoms with van der Waals surface area (Å²) in [4.78, 5) is 18.4. The summed E-state index contributed by atoms with van der Waals surface area (Å²) >= 11 is 0. The number of methoxy groups -OCH3 is 1. The van der Waals surface area contributed by atoms with E-state index in [1.165, 1.54) is 7.11 Å². The summed E-state index contributed by atoms with van der Waals surface area (Å²) in [5.41, 5.74) is 2.24. The number of para-hydroxylation sites is 1. The number of halogens is 2. The molecule has 1 aromatic heterocycles. The Morgan fingerprint density at radius 1 is 1.23 bits per heavy atom. The first-order valence-electron chi connectivity index (χ1n) is 6.73. The number of hydrogen-bond donors (Lipinski definition) is 1. The largest absolute Gasteiger partial charge is 0.464 e. The molecule has 1 N–H and O–H groups in total. The van der Waals surface area contributed by atoms with Crippen LogP contribution in [0.1, 0.15) is 10.5 Å². The molecule has 0 atom stereocenters. The number of anilines is 1. The second-order valence-electron chi connectivity index (χ2n) is 4.77. The highest BCUT2D eigenvalue weighted by molar-refractivity contribution is 5.98. The minimum atomic E-state index is -0.396. The average Bonchev–Trinajstić information content (AvgIpc) is 2.54. The molecular formula is C15H19Cl2N3O2. The summed E-state index contributed by atoms with van der Waals surface area (Å²) in [6, 6.07) is 9.72. The van der Waals surface area contributed by atoms with Gasteiger partial charge in [-0.2, -0.15) is 0 Å². The lowest BCUT2D eigenvalue weighted by molar-refractivity contribution is 0.0594. The molecule has 0 bridgehead atoms. The third kappa shape index (κ3) is 3.61.